The first kappa shape index (κ1) is 18.4. The van der Waals surface area contributed by atoms with Crippen LogP contribution in [0.4, 0.5) is 4.79 Å². The van der Waals surface area contributed by atoms with Crippen molar-refractivity contribution in [1.29, 1.82) is 0 Å². The molecule has 0 aliphatic rings. The van der Waals surface area contributed by atoms with E-state index in [2.05, 4.69) is 10.3 Å². The number of aliphatic hydroxyl groups is 2. The molecule has 1 heterocycles. The van der Waals surface area contributed by atoms with Crippen LogP contribution in [0.1, 0.15) is 23.7 Å². The lowest BCUT2D eigenvalue weighted by Crippen LogP contribution is -2.33. The Bertz CT molecular complexity index is 801. The highest BCUT2D eigenvalue weighted by Gasteiger charge is 2.21. The van der Waals surface area contributed by atoms with E-state index in [-0.39, 0.29) is 25.1 Å². The predicted molar refractivity (Wildman–Crippen MR) is 87.9 cm³/mol. The zero-order valence-electron chi connectivity index (χ0n) is 13.3. The number of H-pyrrole nitrogens is 2. The molecule has 0 aliphatic heterocycles. The fourth-order valence-corrected chi connectivity index (χ4v) is 2.10. The number of aromatic amines is 2. The summed E-state index contributed by atoms with van der Waals surface area (Å²) in [7, 11) is 0. The van der Waals surface area contributed by atoms with Gasteiger partial charge in [0.1, 0.15) is 12.7 Å². The number of hydrogen-bond donors (Lipinski definition) is 5. The maximum atomic E-state index is 11.6. The van der Waals surface area contributed by atoms with Crippen molar-refractivity contribution in [1.82, 2.24) is 15.3 Å². The Kier molecular flexibility index (Phi) is 6.49. The van der Waals surface area contributed by atoms with Gasteiger partial charge in [0.15, 0.2) is 0 Å². The normalized spacial score (nSPS) is 13.0. The maximum absolute atomic E-state index is 11.6. The van der Waals surface area contributed by atoms with Crippen LogP contribution in [0.25, 0.3) is 0 Å². The topological polar surface area (TPSA) is 145 Å². The second kappa shape index (κ2) is 8.81. The first-order valence-corrected chi connectivity index (χ1v) is 7.60. The van der Waals surface area contributed by atoms with Gasteiger partial charge in [-0.15, -0.1) is 0 Å². The molecule has 0 saturated carbocycles. The molecule has 134 valence electrons. The molecule has 2 rings (SSSR count). The molecule has 25 heavy (non-hydrogen) atoms. The summed E-state index contributed by atoms with van der Waals surface area (Å²) in [6.07, 6.45) is -2.44. The molecule has 0 radical (unpaired) electrons. The first-order chi connectivity index (χ1) is 12.0. The molecule has 9 heteroatoms. The highest BCUT2D eigenvalue weighted by molar-refractivity contribution is 5.67. The fourth-order valence-electron chi connectivity index (χ4n) is 2.10. The van der Waals surface area contributed by atoms with Crippen LogP contribution in [0.5, 0.6) is 0 Å². The smallest absolute Gasteiger partial charge is 0.407 e. The van der Waals surface area contributed by atoms with Crippen molar-refractivity contribution in [3.63, 3.8) is 0 Å². The van der Waals surface area contributed by atoms with Crippen LogP contribution >= 0.6 is 0 Å². The van der Waals surface area contributed by atoms with Gasteiger partial charge >= 0.3 is 11.8 Å². The SMILES string of the molecule is O=C(NCCC(O)C(O)c1c[nH]c(=O)[nH]c1=O)OCc1ccccc1. The number of hydrogen-bond acceptors (Lipinski definition) is 6. The summed E-state index contributed by atoms with van der Waals surface area (Å²) in [6, 6.07) is 9.13. The minimum Gasteiger partial charge on any atom is -0.445 e. The third-order valence-electron chi connectivity index (χ3n) is 3.45. The molecule has 2 unspecified atom stereocenters. The molecule has 1 amide bonds. The molecular formula is C16H19N3O6. The van der Waals surface area contributed by atoms with Crippen molar-refractivity contribution < 1.29 is 19.7 Å². The molecule has 0 fully saturated rings. The van der Waals surface area contributed by atoms with E-state index in [9.17, 15) is 24.6 Å². The second-order valence-electron chi connectivity index (χ2n) is 5.32. The van der Waals surface area contributed by atoms with Gasteiger partial charge in [0.2, 0.25) is 0 Å². The highest BCUT2D eigenvalue weighted by atomic mass is 16.5. The standard InChI is InChI=1S/C16H19N3O6/c20-12(13(21)11-8-18-15(23)19-14(11)22)6-7-17-16(24)25-9-10-4-2-1-3-5-10/h1-5,8,12-13,20-21H,6-7,9H2,(H,17,24)(H2,18,19,22,23). The van der Waals surface area contributed by atoms with Crippen LogP contribution in [0.3, 0.4) is 0 Å². The van der Waals surface area contributed by atoms with Crippen LogP contribution < -0.4 is 16.6 Å². The molecule has 0 saturated heterocycles. The summed E-state index contributed by atoms with van der Waals surface area (Å²) in [5, 5.41) is 22.3. The predicted octanol–water partition coefficient (Wildman–Crippen LogP) is -0.226. The lowest BCUT2D eigenvalue weighted by atomic mass is 10.1. The zero-order valence-corrected chi connectivity index (χ0v) is 13.3. The number of carbonyl (C=O) groups excluding carboxylic acids is 1. The number of alkyl carbamates (subject to hydrolysis) is 1. The summed E-state index contributed by atoms with van der Waals surface area (Å²) in [5.74, 6) is 0. The summed E-state index contributed by atoms with van der Waals surface area (Å²) in [4.78, 5) is 38.2. The molecule has 0 aliphatic carbocycles. The lowest BCUT2D eigenvalue weighted by Gasteiger charge is -2.17. The van der Waals surface area contributed by atoms with Crippen LogP contribution in [-0.2, 0) is 11.3 Å². The number of carbonyl (C=O) groups is 1. The van der Waals surface area contributed by atoms with E-state index in [1.807, 2.05) is 35.3 Å². The number of benzene rings is 1. The summed E-state index contributed by atoms with van der Waals surface area (Å²) < 4.78 is 5.00. The van der Waals surface area contributed by atoms with Crippen molar-refractivity contribution in [3.8, 4) is 0 Å². The molecule has 9 nitrogen and oxygen atoms in total. The Morgan fingerprint density at radius 1 is 1.20 bits per heavy atom. The van der Waals surface area contributed by atoms with Gasteiger partial charge < -0.3 is 25.3 Å². The minimum atomic E-state index is -1.50. The Balaban J connectivity index is 1.75. The molecule has 0 bridgehead atoms. The molecule has 0 spiro atoms. The van der Waals surface area contributed by atoms with E-state index in [1.165, 1.54) is 0 Å². The quantitative estimate of drug-likeness (QED) is 0.467. The monoisotopic (exact) mass is 349 g/mol. The molecule has 1 aromatic heterocycles. The van der Waals surface area contributed by atoms with Crippen LogP contribution in [0.15, 0.2) is 46.1 Å². The third kappa shape index (κ3) is 5.59. The number of aliphatic hydroxyl groups excluding tert-OH is 2. The van der Waals surface area contributed by atoms with Gasteiger partial charge in [-0.2, -0.15) is 0 Å². The Morgan fingerprint density at radius 3 is 2.60 bits per heavy atom. The van der Waals surface area contributed by atoms with E-state index in [0.717, 1.165) is 11.8 Å². The lowest BCUT2D eigenvalue weighted by molar-refractivity contribution is 0.0125. The molecular weight excluding hydrogens is 330 g/mol. The molecule has 2 aromatic rings. The van der Waals surface area contributed by atoms with Crippen molar-refractivity contribution in [2.75, 3.05) is 6.54 Å². The van der Waals surface area contributed by atoms with E-state index in [1.54, 1.807) is 0 Å². The second-order valence-corrected chi connectivity index (χ2v) is 5.32. The van der Waals surface area contributed by atoms with E-state index < -0.39 is 29.6 Å². The summed E-state index contributed by atoms with van der Waals surface area (Å²) in [5.41, 5.74) is -0.826. The van der Waals surface area contributed by atoms with E-state index in [0.29, 0.717) is 0 Å². The van der Waals surface area contributed by atoms with Gasteiger partial charge in [0.05, 0.1) is 11.7 Å². The van der Waals surface area contributed by atoms with Crippen LogP contribution in [0, 0.1) is 0 Å². The van der Waals surface area contributed by atoms with E-state index in [4.69, 9.17) is 4.74 Å². The van der Waals surface area contributed by atoms with Gasteiger partial charge in [-0.1, -0.05) is 30.3 Å². The average Bonchev–Trinajstić information content (AvgIpc) is 2.60. The molecule has 5 N–H and O–H groups in total. The number of ether oxygens (including phenoxy) is 1. The molecule has 1 aromatic carbocycles. The van der Waals surface area contributed by atoms with Gasteiger partial charge in [0, 0.05) is 12.7 Å². The van der Waals surface area contributed by atoms with Crippen molar-refractivity contribution in [2.24, 2.45) is 0 Å². The fraction of sp³-hybridized carbons (Fsp3) is 0.312. The van der Waals surface area contributed by atoms with Crippen molar-refractivity contribution in [2.45, 2.75) is 25.2 Å². The highest BCUT2D eigenvalue weighted by Crippen LogP contribution is 2.13. The Labute approximate surface area is 142 Å². The largest absolute Gasteiger partial charge is 0.445 e. The zero-order chi connectivity index (χ0) is 18.2. The third-order valence-corrected chi connectivity index (χ3v) is 3.45. The van der Waals surface area contributed by atoms with Crippen LogP contribution in [-0.4, -0.2) is 38.9 Å². The van der Waals surface area contributed by atoms with Gasteiger partial charge in [0.25, 0.3) is 5.56 Å². The van der Waals surface area contributed by atoms with Crippen molar-refractivity contribution in [3.05, 3.63) is 68.5 Å². The van der Waals surface area contributed by atoms with Gasteiger partial charge in [-0.25, -0.2) is 9.59 Å². The minimum absolute atomic E-state index is 0.0137. The Morgan fingerprint density at radius 2 is 1.92 bits per heavy atom. The van der Waals surface area contributed by atoms with Crippen molar-refractivity contribution >= 4 is 6.09 Å². The summed E-state index contributed by atoms with van der Waals surface area (Å²) >= 11 is 0. The van der Waals surface area contributed by atoms with Gasteiger partial charge in [-0.05, 0) is 12.0 Å². The number of amides is 1. The molecule has 2 atom stereocenters. The van der Waals surface area contributed by atoms with Crippen LogP contribution in [0.2, 0.25) is 0 Å². The Hall–Kier alpha value is -2.91. The average molecular weight is 349 g/mol. The maximum Gasteiger partial charge on any atom is 0.407 e. The van der Waals surface area contributed by atoms with E-state index >= 15 is 0 Å². The first-order valence-electron chi connectivity index (χ1n) is 7.60. The van der Waals surface area contributed by atoms with Gasteiger partial charge in [-0.3, -0.25) is 9.78 Å². The number of rotatable bonds is 7. The number of aromatic nitrogens is 2. The summed E-state index contributed by atoms with van der Waals surface area (Å²) in [6.45, 7) is 0.151. The number of nitrogens with one attached hydrogen (secondary N) is 3.